The van der Waals surface area contributed by atoms with E-state index in [0.717, 1.165) is 32.1 Å². The Morgan fingerprint density at radius 3 is 2.64 bits per heavy atom. The van der Waals surface area contributed by atoms with Crippen molar-refractivity contribution in [3.8, 4) is 12.1 Å². The molecule has 5 atom stereocenters. The Kier molecular flexibility index (Phi) is 3.43. The van der Waals surface area contributed by atoms with Crippen LogP contribution in [0.4, 0.5) is 0 Å². The Bertz CT molecular complexity index is 592. The van der Waals surface area contributed by atoms with Crippen molar-refractivity contribution in [2.45, 2.75) is 58.0 Å². The largest absolute Gasteiger partial charge is 0.386 e. The Balaban J connectivity index is 1.90. The molecule has 118 valence electrons. The SMILES string of the molecule is CCCCCC[C@H]1[C@@]2(C#N)[C@@]3(N=C(N)[C@@]12C#N)OC[C@H](C)O3. The first-order chi connectivity index (χ1) is 10.5. The van der Waals surface area contributed by atoms with Gasteiger partial charge in [-0.15, -0.1) is 0 Å². The molecular weight excluding hydrogens is 280 g/mol. The lowest BCUT2D eigenvalue weighted by atomic mass is 9.94. The summed E-state index contributed by atoms with van der Waals surface area (Å²) in [5.74, 6) is -1.34. The minimum Gasteiger partial charge on any atom is -0.386 e. The van der Waals surface area contributed by atoms with Crippen molar-refractivity contribution in [1.82, 2.24) is 0 Å². The average molecular weight is 302 g/mol. The molecule has 0 radical (unpaired) electrons. The summed E-state index contributed by atoms with van der Waals surface area (Å²) in [6.07, 6.45) is 5.00. The lowest BCUT2D eigenvalue weighted by Crippen LogP contribution is -2.39. The number of hydrogen-bond donors (Lipinski definition) is 1. The summed E-state index contributed by atoms with van der Waals surface area (Å²) in [4.78, 5) is 4.29. The molecule has 6 heteroatoms. The fourth-order valence-corrected chi connectivity index (χ4v) is 4.24. The highest BCUT2D eigenvalue weighted by molar-refractivity contribution is 5.98. The van der Waals surface area contributed by atoms with Crippen LogP contribution in [0, 0.1) is 39.4 Å². The number of fused-ring (bicyclic) bond motifs is 2. The van der Waals surface area contributed by atoms with Crippen LogP contribution in [0.2, 0.25) is 0 Å². The van der Waals surface area contributed by atoms with Crippen LogP contribution in [-0.4, -0.2) is 24.5 Å². The minimum atomic E-state index is -1.38. The third kappa shape index (κ3) is 1.52. The third-order valence-electron chi connectivity index (χ3n) is 5.33. The maximum Gasteiger partial charge on any atom is 0.293 e. The topological polar surface area (TPSA) is 104 Å². The molecular formula is C16H22N4O2. The van der Waals surface area contributed by atoms with Gasteiger partial charge in [0.2, 0.25) is 0 Å². The van der Waals surface area contributed by atoms with E-state index in [9.17, 15) is 10.5 Å². The number of nitriles is 2. The van der Waals surface area contributed by atoms with Gasteiger partial charge >= 0.3 is 0 Å². The van der Waals surface area contributed by atoms with Crippen molar-refractivity contribution in [1.29, 1.82) is 10.5 Å². The normalized spacial score (nSPS) is 45.2. The molecule has 0 aromatic rings. The first kappa shape index (κ1) is 15.3. The summed E-state index contributed by atoms with van der Waals surface area (Å²) in [5.41, 5.74) is 3.93. The van der Waals surface area contributed by atoms with Crippen molar-refractivity contribution in [2.75, 3.05) is 6.61 Å². The van der Waals surface area contributed by atoms with E-state index in [1.807, 2.05) is 6.92 Å². The van der Waals surface area contributed by atoms with Crippen molar-refractivity contribution in [3.05, 3.63) is 0 Å². The predicted molar refractivity (Wildman–Crippen MR) is 79.2 cm³/mol. The maximum absolute atomic E-state index is 9.88. The van der Waals surface area contributed by atoms with Crippen LogP contribution in [-0.2, 0) is 9.47 Å². The number of amidine groups is 1. The third-order valence-corrected chi connectivity index (χ3v) is 5.33. The fourth-order valence-electron chi connectivity index (χ4n) is 4.24. The molecule has 1 aliphatic carbocycles. The molecule has 2 fully saturated rings. The second kappa shape index (κ2) is 4.94. The van der Waals surface area contributed by atoms with Crippen LogP contribution in [0.1, 0.15) is 46.0 Å². The van der Waals surface area contributed by atoms with Crippen molar-refractivity contribution >= 4 is 5.84 Å². The lowest BCUT2D eigenvalue weighted by molar-refractivity contribution is -0.195. The van der Waals surface area contributed by atoms with Gasteiger partial charge in [-0.05, 0) is 13.3 Å². The van der Waals surface area contributed by atoms with Gasteiger partial charge in [0.25, 0.3) is 5.91 Å². The first-order valence-electron chi connectivity index (χ1n) is 8.04. The van der Waals surface area contributed by atoms with Gasteiger partial charge in [-0.2, -0.15) is 10.5 Å². The Morgan fingerprint density at radius 2 is 2.09 bits per heavy atom. The molecule has 1 spiro atoms. The molecule has 0 bridgehead atoms. The van der Waals surface area contributed by atoms with E-state index in [0.29, 0.717) is 6.61 Å². The Hall–Kier alpha value is -1.63. The van der Waals surface area contributed by atoms with Crippen molar-refractivity contribution < 1.29 is 9.47 Å². The summed E-state index contributed by atoms with van der Waals surface area (Å²) >= 11 is 0. The number of hydrogen-bond acceptors (Lipinski definition) is 6. The molecule has 0 aromatic heterocycles. The van der Waals surface area contributed by atoms with Gasteiger partial charge in [-0.25, -0.2) is 4.99 Å². The fraction of sp³-hybridized carbons (Fsp3) is 0.812. The van der Waals surface area contributed by atoms with Crippen LogP contribution < -0.4 is 5.73 Å². The molecule has 2 N–H and O–H groups in total. The number of rotatable bonds is 5. The number of nitrogens with zero attached hydrogens (tertiary/aromatic N) is 3. The van der Waals surface area contributed by atoms with Crippen LogP contribution in [0.15, 0.2) is 4.99 Å². The lowest BCUT2D eigenvalue weighted by Gasteiger charge is -2.26. The second-order valence-corrected chi connectivity index (χ2v) is 6.56. The molecule has 3 rings (SSSR count). The van der Waals surface area contributed by atoms with E-state index in [4.69, 9.17) is 15.2 Å². The van der Waals surface area contributed by atoms with Crippen LogP contribution in [0.5, 0.6) is 0 Å². The van der Waals surface area contributed by atoms with E-state index in [1.54, 1.807) is 0 Å². The number of nitrogens with two attached hydrogens (primary N) is 1. The summed E-state index contributed by atoms with van der Waals surface area (Å²) in [5, 5.41) is 19.6. The number of ether oxygens (including phenoxy) is 2. The van der Waals surface area contributed by atoms with Gasteiger partial charge in [-0.1, -0.05) is 32.6 Å². The van der Waals surface area contributed by atoms with Gasteiger partial charge in [0.05, 0.1) is 24.8 Å². The highest BCUT2D eigenvalue weighted by atomic mass is 16.8. The van der Waals surface area contributed by atoms with E-state index in [1.165, 1.54) is 0 Å². The zero-order valence-corrected chi connectivity index (χ0v) is 13.1. The number of aliphatic imine (C=N–C) groups is 1. The van der Waals surface area contributed by atoms with Gasteiger partial charge in [0, 0.05) is 5.92 Å². The summed E-state index contributed by atoms with van der Waals surface area (Å²) in [7, 11) is 0. The van der Waals surface area contributed by atoms with Gasteiger partial charge in [0.15, 0.2) is 5.41 Å². The standard InChI is InChI=1S/C16H22N4O2/c1-3-4-5-6-7-12-14(9-17)13(19)20-16(15(12,14)10-18)21-8-11(2)22-16/h11-12H,3-8H2,1-2H3,(H2,19,20)/t11-,12+,14+,15+,16+/m0/s1. The molecule has 1 saturated heterocycles. The zero-order chi connectivity index (χ0) is 16.0. The molecule has 6 nitrogen and oxygen atoms in total. The van der Waals surface area contributed by atoms with E-state index in [-0.39, 0.29) is 17.9 Å². The molecule has 0 unspecified atom stereocenters. The highest BCUT2D eigenvalue weighted by Crippen LogP contribution is 2.79. The van der Waals surface area contributed by atoms with Crippen molar-refractivity contribution in [2.24, 2.45) is 27.5 Å². The van der Waals surface area contributed by atoms with Crippen LogP contribution in [0.25, 0.3) is 0 Å². The van der Waals surface area contributed by atoms with Crippen LogP contribution in [0.3, 0.4) is 0 Å². The van der Waals surface area contributed by atoms with E-state index in [2.05, 4.69) is 24.1 Å². The van der Waals surface area contributed by atoms with Gasteiger partial charge in [0.1, 0.15) is 11.3 Å². The Labute approximate surface area is 130 Å². The van der Waals surface area contributed by atoms with Crippen LogP contribution >= 0.6 is 0 Å². The van der Waals surface area contributed by atoms with Gasteiger partial charge < -0.3 is 15.2 Å². The molecule has 0 amide bonds. The number of unbranched alkanes of at least 4 members (excludes halogenated alkanes) is 3. The zero-order valence-electron chi connectivity index (χ0n) is 13.1. The maximum atomic E-state index is 9.88. The Morgan fingerprint density at radius 1 is 1.32 bits per heavy atom. The quantitative estimate of drug-likeness (QED) is 0.783. The molecule has 1 saturated carbocycles. The first-order valence-corrected chi connectivity index (χ1v) is 8.04. The van der Waals surface area contributed by atoms with Gasteiger partial charge in [-0.3, -0.25) is 0 Å². The molecule has 3 aliphatic rings. The summed E-state index contributed by atoms with van der Waals surface area (Å²) in [6, 6.07) is 4.59. The van der Waals surface area contributed by atoms with E-state index < -0.39 is 16.7 Å². The minimum absolute atomic E-state index is 0.155. The van der Waals surface area contributed by atoms with E-state index >= 15 is 0 Å². The second-order valence-electron chi connectivity index (χ2n) is 6.56. The van der Waals surface area contributed by atoms with Crippen molar-refractivity contribution in [3.63, 3.8) is 0 Å². The molecule has 2 heterocycles. The molecule has 22 heavy (non-hydrogen) atoms. The smallest absolute Gasteiger partial charge is 0.293 e. The molecule has 2 aliphatic heterocycles. The predicted octanol–water partition coefficient (Wildman–Crippen LogP) is 2.07. The summed E-state index contributed by atoms with van der Waals surface area (Å²) in [6.45, 7) is 4.39. The average Bonchev–Trinajstić information content (AvgIpc) is 2.84. The highest BCUT2D eigenvalue weighted by Gasteiger charge is 2.93. The summed E-state index contributed by atoms with van der Waals surface area (Å²) < 4.78 is 11.6. The molecule has 0 aromatic carbocycles. The monoisotopic (exact) mass is 302 g/mol.